The van der Waals surface area contributed by atoms with Crippen LogP contribution < -0.4 is 10.5 Å². The first-order valence-corrected chi connectivity index (χ1v) is 12.9. The maximum absolute atomic E-state index is 13.7. The van der Waals surface area contributed by atoms with Crippen molar-refractivity contribution in [2.24, 2.45) is 0 Å². The lowest BCUT2D eigenvalue weighted by Crippen LogP contribution is -2.34. The van der Waals surface area contributed by atoms with Crippen molar-refractivity contribution in [3.63, 3.8) is 0 Å². The minimum Gasteiger partial charge on any atom is -0.437 e. The van der Waals surface area contributed by atoms with Crippen LogP contribution in [0.1, 0.15) is 45.0 Å². The molecule has 9 heteroatoms. The third-order valence-corrected chi connectivity index (χ3v) is 7.63. The van der Waals surface area contributed by atoms with Crippen molar-refractivity contribution < 1.29 is 13.5 Å². The Labute approximate surface area is 213 Å². The van der Waals surface area contributed by atoms with Crippen LogP contribution in [0.25, 0.3) is 21.5 Å². The predicted octanol–water partition coefficient (Wildman–Crippen LogP) is 6.65. The van der Waals surface area contributed by atoms with Gasteiger partial charge in [0.25, 0.3) is 5.92 Å². The minimum absolute atomic E-state index is 0.0400. The number of fused-ring (bicyclic) bond motifs is 1. The van der Waals surface area contributed by atoms with Crippen LogP contribution in [0.4, 0.5) is 13.9 Å². The van der Waals surface area contributed by atoms with E-state index >= 15 is 0 Å². The molecule has 2 aromatic heterocycles. The molecule has 3 heterocycles. The molecule has 2 N–H and O–H groups in total. The van der Waals surface area contributed by atoms with E-state index in [1.165, 1.54) is 36.3 Å². The number of likely N-dealkylation sites (tertiary alicyclic amines) is 1. The van der Waals surface area contributed by atoms with Gasteiger partial charge in [-0.3, -0.25) is 4.90 Å². The van der Waals surface area contributed by atoms with Gasteiger partial charge in [0, 0.05) is 49.2 Å². The maximum Gasteiger partial charge on any atom is 0.270 e. The number of nitrogens with zero attached hydrogens (tertiary/aromatic N) is 4. The number of hydrogen-bond donors (Lipinski definition) is 1. The molecule has 0 bridgehead atoms. The Bertz CT molecular complexity index is 1360. The third kappa shape index (κ3) is 5.17. The fraction of sp³-hybridized carbons (Fsp3) is 0.370. The summed E-state index contributed by atoms with van der Waals surface area (Å²) < 4.78 is 34.6. The molecular formula is C27H29F2N5OS. The van der Waals surface area contributed by atoms with Crippen LogP contribution in [-0.4, -0.2) is 38.5 Å². The number of rotatable bonds is 7. The SMILES string of the molecule is CC1CCC(C)N1CCc1nc(Oc2cccc3sc(N)nc23)cc(-c2ccc(C(C)(F)F)cc2)n1. The van der Waals surface area contributed by atoms with Gasteiger partial charge in [-0.05, 0) is 38.8 Å². The van der Waals surface area contributed by atoms with Crippen LogP contribution in [0, 0.1) is 0 Å². The van der Waals surface area contributed by atoms with E-state index in [2.05, 4.69) is 23.7 Å². The Balaban J connectivity index is 1.49. The van der Waals surface area contributed by atoms with Gasteiger partial charge >= 0.3 is 0 Å². The zero-order chi connectivity index (χ0) is 25.4. The summed E-state index contributed by atoms with van der Waals surface area (Å²) in [5.41, 5.74) is 7.88. The van der Waals surface area contributed by atoms with Crippen LogP contribution in [0.2, 0.25) is 0 Å². The zero-order valence-corrected chi connectivity index (χ0v) is 21.4. The number of benzene rings is 2. The van der Waals surface area contributed by atoms with E-state index in [4.69, 9.17) is 20.4 Å². The normalized spacial score (nSPS) is 18.7. The van der Waals surface area contributed by atoms with Crippen LogP contribution in [-0.2, 0) is 12.3 Å². The van der Waals surface area contributed by atoms with Crippen molar-refractivity contribution in [1.29, 1.82) is 0 Å². The smallest absolute Gasteiger partial charge is 0.270 e. The molecule has 0 amide bonds. The molecule has 6 nitrogen and oxygen atoms in total. The lowest BCUT2D eigenvalue weighted by molar-refractivity contribution is 0.0175. The highest BCUT2D eigenvalue weighted by molar-refractivity contribution is 7.22. The summed E-state index contributed by atoms with van der Waals surface area (Å²) in [6, 6.07) is 14.6. The van der Waals surface area contributed by atoms with Crippen molar-refractivity contribution in [3.05, 3.63) is 59.9 Å². The molecule has 0 aliphatic carbocycles. The molecule has 0 saturated carbocycles. The third-order valence-electron chi connectivity index (χ3n) is 6.78. The van der Waals surface area contributed by atoms with E-state index in [1.54, 1.807) is 18.2 Å². The molecular weight excluding hydrogens is 480 g/mol. The van der Waals surface area contributed by atoms with Crippen molar-refractivity contribution >= 4 is 26.7 Å². The second kappa shape index (κ2) is 9.71. The van der Waals surface area contributed by atoms with E-state index < -0.39 is 5.92 Å². The fourth-order valence-corrected chi connectivity index (χ4v) is 5.52. The Morgan fingerprint density at radius 1 is 1.06 bits per heavy atom. The van der Waals surface area contributed by atoms with E-state index in [1.807, 2.05) is 18.2 Å². The summed E-state index contributed by atoms with van der Waals surface area (Å²) in [4.78, 5) is 16.4. The quantitative estimate of drug-likeness (QED) is 0.300. The maximum atomic E-state index is 13.7. The van der Waals surface area contributed by atoms with Crippen LogP contribution >= 0.6 is 11.3 Å². The van der Waals surface area contributed by atoms with Crippen molar-refractivity contribution in [2.75, 3.05) is 12.3 Å². The molecule has 1 aliphatic rings. The molecule has 1 aliphatic heterocycles. The molecule has 5 rings (SSSR count). The van der Waals surface area contributed by atoms with Gasteiger partial charge in [0.2, 0.25) is 5.88 Å². The molecule has 36 heavy (non-hydrogen) atoms. The largest absolute Gasteiger partial charge is 0.437 e. The standard InChI is InChI=1S/C27H29F2N5OS/c1-16-7-8-17(2)34(16)14-13-23-31-20(18-9-11-19(12-10-18)27(3,28)29)15-24(32-23)35-21-5-4-6-22-25(21)33-26(30)36-22/h4-6,9-12,15-17H,7-8,13-14H2,1-3H3,(H2,30,33). The number of halogens is 2. The topological polar surface area (TPSA) is 77.2 Å². The van der Waals surface area contributed by atoms with Gasteiger partial charge in [0.1, 0.15) is 11.3 Å². The molecule has 188 valence electrons. The van der Waals surface area contributed by atoms with E-state index in [0.29, 0.717) is 52.3 Å². The van der Waals surface area contributed by atoms with Crippen molar-refractivity contribution in [1.82, 2.24) is 19.9 Å². The van der Waals surface area contributed by atoms with E-state index in [-0.39, 0.29) is 5.56 Å². The number of hydrogen-bond acceptors (Lipinski definition) is 7. The number of thiazole rings is 1. The highest BCUT2D eigenvalue weighted by Gasteiger charge is 2.27. The minimum atomic E-state index is -2.90. The Hall–Kier alpha value is -3.17. The van der Waals surface area contributed by atoms with Crippen molar-refractivity contribution in [2.45, 2.75) is 58.0 Å². The molecule has 2 atom stereocenters. The molecule has 0 radical (unpaired) electrons. The summed E-state index contributed by atoms with van der Waals surface area (Å²) in [6.45, 7) is 6.23. The first kappa shape index (κ1) is 24.5. The summed E-state index contributed by atoms with van der Waals surface area (Å²) in [6.07, 6.45) is 3.02. The molecule has 2 aromatic carbocycles. The Morgan fingerprint density at radius 3 is 2.47 bits per heavy atom. The second-order valence-corrected chi connectivity index (χ2v) is 10.6. The molecule has 0 spiro atoms. The number of aromatic nitrogens is 3. The fourth-order valence-electron chi connectivity index (χ4n) is 4.77. The second-order valence-electron chi connectivity index (χ2n) is 9.49. The van der Waals surface area contributed by atoms with Gasteiger partial charge in [-0.1, -0.05) is 41.7 Å². The number of anilines is 1. The number of ether oxygens (including phenoxy) is 1. The van der Waals surface area contributed by atoms with Gasteiger partial charge in [0.15, 0.2) is 10.9 Å². The summed E-state index contributed by atoms with van der Waals surface area (Å²) >= 11 is 1.39. The van der Waals surface area contributed by atoms with E-state index in [0.717, 1.165) is 23.7 Å². The first-order chi connectivity index (χ1) is 17.2. The van der Waals surface area contributed by atoms with Gasteiger partial charge in [-0.2, -0.15) is 4.98 Å². The Kier molecular flexibility index (Phi) is 6.61. The lowest BCUT2D eigenvalue weighted by atomic mass is 10.1. The van der Waals surface area contributed by atoms with Crippen LogP contribution in [0.5, 0.6) is 11.6 Å². The zero-order valence-electron chi connectivity index (χ0n) is 20.5. The van der Waals surface area contributed by atoms with Crippen LogP contribution in [0.3, 0.4) is 0 Å². The monoisotopic (exact) mass is 509 g/mol. The average Bonchev–Trinajstić information content (AvgIpc) is 3.38. The van der Waals surface area contributed by atoms with Gasteiger partial charge < -0.3 is 10.5 Å². The number of alkyl halides is 2. The number of nitrogen functional groups attached to an aromatic ring is 1. The van der Waals surface area contributed by atoms with Gasteiger partial charge in [-0.15, -0.1) is 0 Å². The number of para-hydroxylation sites is 1. The van der Waals surface area contributed by atoms with Gasteiger partial charge in [0.05, 0.1) is 10.4 Å². The molecule has 1 fully saturated rings. The van der Waals surface area contributed by atoms with Gasteiger partial charge in [-0.25, -0.2) is 18.7 Å². The Morgan fingerprint density at radius 2 is 1.78 bits per heavy atom. The lowest BCUT2D eigenvalue weighted by Gasteiger charge is -2.25. The molecule has 4 aromatic rings. The molecule has 1 saturated heterocycles. The summed E-state index contributed by atoms with van der Waals surface area (Å²) in [7, 11) is 0. The highest BCUT2D eigenvalue weighted by Crippen LogP contribution is 2.35. The highest BCUT2D eigenvalue weighted by atomic mass is 32.1. The summed E-state index contributed by atoms with van der Waals surface area (Å²) in [5.74, 6) is -1.33. The number of nitrogens with two attached hydrogens (primary N) is 1. The van der Waals surface area contributed by atoms with Crippen molar-refractivity contribution in [3.8, 4) is 22.9 Å². The van der Waals surface area contributed by atoms with Crippen LogP contribution in [0.15, 0.2) is 48.5 Å². The summed E-state index contributed by atoms with van der Waals surface area (Å²) in [5, 5.41) is 0.465. The molecule has 2 unspecified atom stereocenters. The van der Waals surface area contributed by atoms with E-state index in [9.17, 15) is 8.78 Å². The average molecular weight is 510 g/mol. The first-order valence-electron chi connectivity index (χ1n) is 12.1. The predicted molar refractivity (Wildman–Crippen MR) is 140 cm³/mol.